The van der Waals surface area contributed by atoms with Gasteiger partial charge in [-0.05, 0) is 12.1 Å². The summed E-state index contributed by atoms with van der Waals surface area (Å²) in [6.07, 6.45) is 2.61. The van der Waals surface area contributed by atoms with E-state index >= 15 is 0 Å². The van der Waals surface area contributed by atoms with Crippen LogP contribution >= 0.6 is 23.2 Å². The fourth-order valence-corrected chi connectivity index (χ4v) is 3.28. The molecule has 8 nitrogen and oxygen atoms in total. The average molecular weight is 379 g/mol. The molecule has 2 aromatic heterocycles. The summed E-state index contributed by atoms with van der Waals surface area (Å²) >= 11 is 11.8. The molecule has 23 heavy (non-hydrogen) atoms. The van der Waals surface area contributed by atoms with Crippen molar-refractivity contribution in [2.24, 2.45) is 7.05 Å². The molecule has 0 aliphatic heterocycles. The van der Waals surface area contributed by atoms with Crippen LogP contribution in [0.4, 0.5) is 5.69 Å². The number of halogens is 2. The highest BCUT2D eigenvalue weighted by atomic mass is 35.5. The number of rotatable bonds is 5. The second-order valence-corrected chi connectivity index (χ2v) is 6.76. The van der Waals surface area contributed by atoms with Crippen LogP contribution in [0.2, 0.25) is 10.0 Å². The Morgan fingerprint density at radius 2 is 1.87 bits per heavy atom. The van der Waals surface area contributed by atoms with Gasteiger partial charge in [-0.15, -0.1) is 4.83 Å². The molecule has 0 saturated carbocycles. The molecule has 0 spiro atoms. The van der Waals surface area contributed by atoms with E-state index in [0.717, 1.165) is 0 Å². The summed E-state index contributed by atoms with van der Waals surface area (Å²) in [5.74, 6) is -0.651. The SMILES string of the molecule is COC(=O)c1ccc(S(=O)(=O)NNc2c(Cl)cncc2Cl)n1C. The number of esters is 1. The first-order valence-electron chi connectivity index (χ1n) is 6.08. The van der Waals surface area contributed by atoms with Crippen LogP contribution in [0, 0.1) is 0 Å². The lowest BCUT2D eigenvalue weighted by molar-refractivity contribution is 0.0589. The fourth-order valence-electron chi connectivity index (χ4n) is 1.77. The van der Waals surface area contributed by atoms with Crippen LogP contribution in [0.25, 0.3) is 0 Å². The van der Waals surface area contributed by atoms with E-state index < -0.39 is 16.0 Å². The molecule has 0 aliphatic carbocycles. The Morgan fingerprint density at radius 3 is 2.43 bits per heavy atom. The van der Waals surface area contributed by atoms with Crippen molar-refractivity contribution in [2.75, 3.05) is 12.5 Å². The molecule has 0 aromatic carbocycles. The van der Waals surface area contributed by atoms with Crippen molar-refractivity contribution in [3.8, 4) is 0 Å². The molecule has 2 N–H and O–H groups in total. The lowest BCUT2D eigenvalue weighted by atomic mass is 10.4. The highest BCUT2D eigenvalue weighted by molar-refractivity contribution is 7.89. The number of carbonyl (C=O) groups excluding carboxylic acids is 1. The molecule has 2 rings (SSSR count). The zero-order valence-electron chi connectivity index (χ0n) is 12.0. The Bertz CT molecular complexity index is 830. The van der Waals surface area contributed by atoms with Crippen molar-refractivity contribution in [3.63, 3.8) is 0 Å². The van der Waals surface area contributed by atoms with Crippen LogP contribution in [-0.2, 0) is 21.8 Å². The van der Waals surface area contributed by atoms with E-state index in [0.29, 0.717) is 0 Å². The van der Waals surface area contributed by atoms with Crippen molar-refractivity contribution in [1.29, 1.82) is 0 Å². The first-order valence-corrected chi connectivity index (χ1v) is 8.32. The predicted molar refractivity (Wildman–Crippen MR) is 85.0 cm³/mol. The number of methoxy groups -OCH3 is 1. The first kappa shape index (κ1) is 17.5. The van der Waals surface area contributed by atoms with Crippen LogP contribution < -0.4 is 10.3 Å². The largest absolute Gasteiger partial charge is 0.464 e. The van der Waals surface area contributed by atoms with Gasteiger partial charge in [0, 0.05) is 19.4 Å². The van der Waals surface area contributed by atoms with Gasteiger partial charge in [0.2, 0.25) is 0 Å². The topological polar surface area (TPSA) is 102 Å². The number of carbonyl (C=O) groups is 1. The van der Waals surface area contributed by atoms with Gasteiger partial charge < -0.3 is 14.7 Å². The van der Waals surface area contributed by atoms with E-state index in [-0.39, 0.29) is 26.5 Å². The number of sulfonamides is 1. The van der Waals surface area contributed by atoms with Gasteiger partial charge in [0.25, 0.3) is 10.0 Å². The summed E-state index contributed by atoms with van der Waals surface area (Å²) in [6.45, 7) is 0. The Labute approximate surface area is 142 Å². The van der Waals surface area contributed by atoms with Crippen molar-refractivity contribution >= 4 is 44.9 Å². The molecule has 2 heterocycles. The van der Waals surface area contributed by atoms with Gasteiger partial charge in [-0.3, -0.25) is 4.98 Å². The second-order valence-electron chi connectivity index (χ2n) is 4.32. The summed E-state index contributed by atoms with van der Waals surface area (Å²) in [7, 11) is -1.36. The molecule has 0 radical (unpaired) electrons. The Kier molecular flexibility index (Phi) is 5.15. The maximum absolute atomic E-state index is 12.3. The van der Waals surface area contributed by atoms with E-state index in [9.17, 15) is 13.2 Å². The van der Waals surface area contributed by atoms with Gasteiger partial charge in [0.1, 0.15) is 5.69 Å². The van der Waals surface area contributed by atoms with Crippen LogP contribution in [0.1, 0.15) is 10.5 Å². The molecule has 0 fully saturated rings. The highest BCUT2D eigenvalue weighted by Crippen LogP contribution is 2.28. The fraction of sp³-hybridized carbons (Fsp3) is 0.167. The van der Waals surface area contributed by atoms with Gasteiger partial charge in [-0.25, -0.2) is 13.2 Å². The van der Waals surface area contributed by atoms with E-state index in [1.54, 1.807) is 0 Å². The number of hydrogen-bond acceptors (Lipinski definition) is 6. The third kappa shape index (κ3) is 3.58. The smallest absolute Gasteiger partial charge is 0.354 e. The number of nitrogens with zero attached hydrogens (tertiary/aromatic N) is 2. The van der Waals surface area contributed by atoms with Crippen molar-refractivity contribution in [2.45, 2.75) is 5.03 Å². The third-order valence-electron chi connectivity index (χ3n) is 2.91. The summed E-state index contributed by atoms with van der Waals surface area (Å²) < 4.78 is 30.4. The summed E-state index contributed by atoms with van der Waals surface area (Å²) in [5.41, 5.74) is 2.68. The maximum Gasteiger partial charge on any atom is 0.354 e. The third-order valence-corrected chi connectivity index (χ3v) is 4.81. The van der Waals surface area contributed by atoms with Gasteiger partial charge >= 0.3 is 5.97 Å². The standard InChI is InChI=1S/C12H12Cl2N4O4S/c1-18-9(12(19)22-2)3-4-10(18)23(20,21)17-16-11-7(13)5-15-6-8(11)14/h3-6,17H,1-2H3,(H,15,16). The second kappa shape index (κ2) is 6.75. The molecule has 0 bridgehead atoms. The number of nitrogens with one attached hydrogen (secondary N) is 2. The minimum absolute atomic E-state index is 0.0906. The van der Waals surface area contributed by atoms with Crippen molar-refractivity contribution < 1.29 is 17.9 Å². The molecule has 0 saturated heterocycles. The summed E-state index contributed by atoms with van der Waals surface area (Å²) in [6, 6.07) is 2.61. The molecule has 0 amide bonds. The number of ether oxygens (including phenoxy) is 1. The van der Waals surface area contributed by atoms with Crippen LogP contribution in [0.3, 0.4) is 0 Å². The first-order chi connectivity index (χ1) is 10.8. The normalized spacial score (nSPS) is 11.3. The molecule has 0 atom stereocenters. The number of hydrazine groups is 1. The maximum atomic E-state index is 12.3. The molecular weight excluding hydrogens is 367 g/mol. The molecule has 124 valence electrons. The van der Waals surface area contributed by atoms with Crippen molar-refractivity contribution in [1.82, 2.24) is 14.4 Å². The molecule has 2 aromatic rings. The average Bonchev–Trinajstić information content (AvgIpc) is 2.88. The van der Waals surface area contributed by atoms with Crippen LogP contribution in [0.5, 0.6) is 0 Å². The van der Waals surface area contributed by atoms with Crippen LogP contribution in [-0.4, -0.2) is 31.0 Å². The van der Waals surface area contributed by atoms with E-state index in [2.05, 4.69) is 20.0 Å². The van der Waals surface area contributed by atoms with E-state index in [4.69, 9.17) is 23.2 Å². The van der Waals surface area contributed by atoms with E-state index in [1.807, 2.05) is 0 Å². The van der Waals surface area contributed by atoms with Gasteiger partial charge in [-0.2, -0.15) is 0 Å². The number of pyridine rings is 1. The monoisotopic (exact) mass is 378 g/mol. The Morgan fingerprint density at radius 1 is 1.26 bits per heavy atom. The summed E-state index contributed by atoms with van der Waals surface area (Å²) in [5, 5.41) is 0.136. The Hall–Kier alpha value is -1.81. The van der Waals surface area contributed by atoms with Gasteiger partial charge in [-0.1, -0.05) is 23.2 Å². The quantitative estimate of drug-likeness (QED) is 0.607. The zero-order valence-corrected chi connectivity index (χ0v) is 14.3. The predicted octanol–water partition coefficient (Wildman–Crippen LogP) is 1.82. The lowest BCUT2D eigenvalue weighted by Gasteiger charge is -2.12. The van der Waals surface area contributed by atoms with Gasteiger partial charge in [0.15, 0.2) is 5.03 Å². The minimum atomic E-state index is -3.99. The molecule has 0 unspecified atom stereocenters. The van der Waals surface area contributed by atoms with Gasteiger partial charge in [0.05, 0.1) is 22.8 Å². The zero-order chi connectivity index (χ0) is 17.2. The lowest BCUT2D eigenvalue weighted by Crippen LogP contribution is -2.31. The number of hydrogen-bond donors (Lipinski definition) is 2. The van der Waals surface area contributed by atoms with E-state index in [1.165, 1.54) is 43.3 Å². The van der Waals surface area contributed by atoms with Crippen molar-refractivity contribution in [3.05, 3.63) is 40.3 Å². The molecular formula is C12H12Cl2N4O4S. The number of aromatic nitrogens is 2. The minimum Gasteiger partial charge on any atom is -0.464 e. The Balaban J connectivity index is 2.27. The highest BCUT2D eigenvalue weighted by Gasteiger charge is 2.22. The molecule has 11 heteroatoms. The molecule has 0 aliphatic rings. The number of anilines is 1. The summed E-state index contributed by atoms with van der Waals surface area (Å²) in [4.78, 5) is 17.4. The van der Waals surface area contributed by atoms with Crippen LogP contribution in [0.15, 0.2) is 29.6 Å².